The summed E-state index contributed by atoms with van der Waals surface area (Å²) in [5, 5.41) is 9.38. The molecule has 0 saturated heterocycles. The highest BCUT2D eigenvalue weighted by Gasteiger charge is 2.15. The molecule has 0 saturated carbocycles. The van der Waals surface area contributed by atoms with E-state index in [1.807, 2.05) is 84.9 Å². The van der Waals surface area contributed by atoms with Crippen LogP contribution in [-0.2, 0) is 0 Å². The van der Waals surface area contributed by atoms with E-state index in [9.17, 15) is 5.26 Å². The second-order valence-corrected chi connectivity index (χ2v) is 13.0. The molecule has 0 bridgehead atoms. The molecule has 0 aliphatic carbocycles. The number of fused-ring (bicyclic) bond motifs is 1. The molecule has 0 N–H and O–H groups in total. The molecular weight excluding hydrogens is 659 g/mol. The number of nitrogens with zero attached hydrogens (tertiary/aromatic N) is 5. The summed E-state index contributed by atoms with van der Waals surface area (Å²) >= 11 is 0. The van der Waals surface area contributed by atoms with E-state index in [0.717, 1.165) is 83.9 Å². The van der Waals surface area contributed by atoms with Gasteiger partial charge in [-0.25, -0.2) is 19.9 Å². The fraction of sp³-hybridized carbons (Fsp3) is 0. The van der Waals surface area contributed by atoms with Crippen molar-refractivity contribution in [3.8, 4) is 84.7 Å². The van der Waals surface area contributed by atoms with Gasteiger partial charge in [-0.05, 0) is 52.6 Å². The summed E-state index contributed by atoms with van der Waals surface area (Å²) in [7, 11) is 0. The Bertz CT molecular complexity index is 2730. The Morgan fingerprint density at radius 3 is 1.20 bits per heavy atom. The highest BCUT2D eigenvalue weighted by Crippen LogP contribution is 2.35. The zero-order valence-corrected chi connectivity index (χ0v) is 29.1. The minimum absolute atomic E-state index is 0.638. The average Bonchev–Trinajstić information content (AvgIpc) is 3.26. The molecule has 2 aromatic heterocycles. The Kier molecular flexibility index (Phi) is 8.53. The van der Waals surface area contributed by atoms with Crippen LogP contribution in [0, 0.1) is 11.3 Å². The van der Waals surface area contributed by atoms with Crippen LogP contribution in [-0.4, -0.2) is 19.9 Å². The smallest absolute Gasteiger partial charge is 0.160 e. The first-order valence-electron chi connectivity index (χ1n) is 17.8. The van der Waals surface area contributed by atoms with Crippen molar-refractivity contribution in [3.63, 3.8) is 0 Å². The van der Waals surface area contributed by atoms with Gasteiger partial charge in [0.1, 0.15) is 0 Å². The maximum atomic E-state index is 9.38. The van der Waals surface area contributed by atoms with Gasteiger partial charge in [0.15, 0.2) is 5.82 Å². The van der Waals surface area contributed by atoms with Crippen molar-refractivity contribution >= 4 is 11.0 Å². The molecule has 0 atom stereocenters. The number of aromatic nitrogens is 4. The van der Waals surface area contributed by atoms with Crippen molar-refractivity contribution in [1.29, 1.82) is 5.26 Å². The Morgan fingerprint density at radius 2 is 0.722 bits per heavy atom. The fourth-order valence-electron chi connectivity index (χ4n) is 6.71. The molecule has 5 nitrogen and oxygen atoms in total. The Hall–Kier alpha value is -7.55. The summed E-state index contributed by atoms with van der Waals surface area (Å²) in [6, 6.07) is 65.6. The minimum Gasteiger partial charge on any atom is -0.244 e. The van der Waals surface area contributed by atoms with Crippen LogP contribution in [0.3, 0.4) is 0 Å². The van der Waals surface area contributed by atoms with Crippen molar-refractivity contribution in [3.05, 3.63) is 194 Å². The molecule has 5 heteroatoms. The van der Waals surface area contributed by atoms with Crippen LogP contribution in [0.15, 0.2) is 188 Å². The van der Waals surface area contributed by atoms with E-state index in [0.29, 0.717) is 11.4 Å². The Morgan fingerprint density at radius 1 is 0.315 bits per heavy atom. The maximum absolute atomic E-state index is 9.38. The predicted octanol–water partition coefficient (Wildman–Crippen LogP) is 12.0. The van der Waals surface area contributed by atoms with Crippen LogP contribution < -0.4 is 0 Å². The van der Waals surface area contributed by atoms with E-state index in [1.54, 1.807) is 0 Å². The van der Waals surface area contributed by atoms with Crippen LogP contribution in [0.1, 0.15) is 5.56 Å². The third-order valence-electron chi connectivity index (χ3n) is 9.55. The van der Waals surface area contributed by atoms with Gasteiger partial charge >= 0.3 is 0 Å². The van der Waals surface area contributed by atoms with Gasteiger partial charge in [0, 0.05) is 27.8 Å². The van der Waals surface area contributed by atoms with Gasteiger partial charge < -0.3 is 0 Å². The SMILES string of the molecule is N#Cc1cccc(-c2ccc(-c3nc4ccccc4nc3-c3ccc(-c4ccc(-c5nc(-c6ccccc6)cc(-c6ccccc6)n5)cc4)cc3)cc2)c1. The highest BCUT2D eigenvalue weighted by molar-refractivity contribution is 5.87. The molecule has 9 aromatic rings. The monoisotopic (exact) mass is 689 g/mol. The lowest BCUT2D eigenvalue weighted by Crippen LogP contribution is -1.96. The van der Waals surface area contributed by atoms with Crippen molar-refractivity contribution < 1.29 is 0 Å². The number of benzene rings is 7. The van der Waals surface area contributed by atoms with E-state index in [4.69, 9.17) is 19.9 Å². The van der Waals surface area contributed by atoms with Crippen LogP contribution in [0.5, 0.6) is 0 Å². The maximum Gasteiger partial charge on any atom is 0.160 e. The molecule has 7 aromatic carbocycles. The van der Waals surface area contributed by atoms with E-state index < -0.39 is 0 Å². The molecule has 0 spiro atoms. The van der Waals surface area contributed by atoms with Gasteiger partial charge in [0.25, 0.3) is 0 Å². The second kappa shape index (κ2) is 14.2. The summed E-state index contributed by atoms with van der Waals surface area (Å²) in [6.07, 6.45) is 0. The highest BCUT2D eigenvalue weighted by atomic mass is 14.9. The largest absolute Gasteiger partial charge is 0.244 e. The van der Waals surface area contributed by atoms with Crippen LogP contribution in [0.4, 0.5) is 0 Å². The van der Waals surface area contributed by atoms with Gasteiger partial charge in [0.2, 0.25) is 0 Å². The molecule has 0 fully saturated rings. The second-order valence-electron chi connectivity index (χ2n) is 13.0. The zero-order chi connectivity index (χ0) is 36.3. The number of rotatable bonds is 7. The fourth-order valence-corrected chi connectivity index (χ4v) is 6.71. The quantitative estimate of drug-likeness (QED) is 0.166. The third-order valence-corrected chi connectivity index (χ3v) is 9.55. The predicted molar refractivity (Wildman–Crippen MR) is 218 cm³/mol. The van der Waals surface area contributed by atoms with E-state index in [2.05, 4.69) is 109 Å². The average molecular weight is 690 g/mol. The Labute approximate surface area is 313 Å². The summed E-state index contributed by atoms with van der Waals surface area (Å²) in [6.45, 7) is 0. The van der Waals surface area contributed by atoms with Crippen LogP contribution in [0.2, 0.25) is 0 Å². The van der Waals surface area contributed by atoms with Gasteiger partial charge in [-0.3, -0.25) is 0 Å². The molecule has 0 aliphatic heterocycles. The van der Waals surface area contributed by atoms with Gasteiger partial charge in [-0.1, -0.05) is 158 Å². The molecule has 0 unspecified atom stereocenters. The topological polar surface area (TPSA) is 75.3 Å². The first kappa shape index (κ1) is 32.4. The van der Waals surface area contributed by atoms with Crippen molar-refractivity contribution in [1.82, 2.24) is 19.9 Å². The molecule has 9 rings (SSSR count). The summed E-state index contributed by atoms with van der Waals surface area (Å²) in [5.74, 6) is 0.684. The molecule has 0 radical (unpaired) electrons. The minimum atomic E-state index is 0.638. The molecule has 0 amide bonds. The first-order valence-corrected chi connectivity index (χ1v) is 17.8. The Balaban J connectivity index is 1.04. The lowest BCUT2D eigenvalue weighted by molar-refractivity contribution is 1.18. The first-order chi connectivity index (χ1) is 26.7. The van der Waals surface area contributed by atoms with Gasteiger partial charge in [0.05, 0.1) is 45.4 Å². The van der Waals surface area contributed by atoms with Crippen molar-refractivity contribution in [2.75, 3.05) is 0 Å². The normalized spacial score (nSPS) is 10.9. The van der Waals surface area contributed by atoms with E-state index in [1.165, 1.54) is 0 Å². The number of hydrogen-bond donors (Lipinski definition) is 0. The molecule has 2 heterocycles. The van der Waals surface area contributed by atoms with Crippen molar-refractivity contribution in [2.45, 2.75) is 0 Å². The zero-order valence-electron chi connectivity index (χ0n) is 29.1. The lowest BCUT2D eigenvalue weighted by Gasteiger charge is -2.12. The van der Waals surface area contributed by atoms with Crippen LogP contribution in [0.25, 0.3) is 89.7 Å². The lowest BCUT2D eigenvalue weighted by atomic mass is 9.97. The summed E-state index contributed by atoms with van der Waals surface area (Å²) < 4.78 is 0. The van der Waals surface area contributed by atoms with Gasteiger partial charge in [-0.2, -0.15) is 5.26 Å². The molecule has 54 heavy (non-hydrogen) atoms. The van der Waals surface area contributed by atoms with Crippen LogP contribution >= 0.6 is 0 Å². The molecule has 252 valence electrons. The number of hydrogen-bond acceptors (Lipinski definition) is 5. The van der Waals surface area contributed by atoms with E-state index >= 15 is 0 Å². The van der Waals surface area contributed by atoms with Gasteiger partial charge in [-0.15, -0.1) is 0 Å². The summed E-state index contributed by atoms with van der Waals surface area (Å²) in [4.78, 5) is 20.2. The third kappa shape index (κ3) is 6.52. The number of para-hydroxylation sites is 2. The summed E-state index contributed by atoms with van der Waals surface area (Å²) in [5.41, 5.74) is 14.9. The number of nitriles is 1. The van der Waals surface area contributed by atoms with Crippen molar-refractivity contribution in [2.24, 2.45) is 0 Å². The van der Waals surface area contributed by atoms with E-state index in [-0.39, 0.29) is 0 Å². The molecular formula is C49H31N5. The standard InChI is InChI=1S/C49H31N5/c50-32-33-10-9-15-42(30-33)36-20-26-40(27-21-36)48-47(51-43-16-7-8-17-44(43)52-48)39-24-18-34(19-25-39)35-22-28-41(29-23-35)49-53-45(37-11-3-1-4-12-37)31-46(54-49)38-13-5-2-6-14-38/h1-31H. The molecule has 0 aliphatic rings.